The lowest BCUT2D eigenvalue weighted by Crippen LogP contribution is -2.28. The van der Waals surface area contributed by atoms with Crippen LogP contribution < -0.4 is 0 Å². The van der Waals surface area contributed by atoms with E-state index in [1.807, 2.05) is 6.92 Å². The van der Waals surface area contributed by atoms with Gasteiger partial charge in [-0.3, -0.25) is 9.59 Å². The number of hydrogen-bond acceptors (Lipinski definition) is 4. The molecular weight excluding hydrogens is 292 g/mol. The van der Waals surface area contributed by atoms with E-state index in [0.717, 1.165) is 44.9 Å². The lowest BCUT2D eigenvalue weighted by molar-refractivity contribution is -0.155. The Morgan fingerprint density at radius 2 is 1.17 bits per heavy atom. The SMILES string of the molecule is CCCCCCCCOC(=O)C1CCC(C(=O)OCCC)CC1. The van der Waals surface area contributed by atoms with Gasteiger partial charge in [-0.25, -0.2) is 0 Å². The summed E-state index contributed by atoms with van der Waals surface area (Å²) in [6.07, 6.45) is 11.0. The molecule has 0 saturated heterocycles. The largest absolute Gasteiger partial charge is 0.465 e. The Morgan fingerprint density at radius 3 is 1.70 bits per heavy atom. The molecular formula is C19H34O4. The van der Waals surface area contributed by atoms with Crippen molar-refractivity contribution in [2.45, 2.75) is 84.5 Å². The summed E-state index contributed by atoms with van der Waals surface area (Å²) in [6.45, 7) is 5.24. The number of ether oxygens (including phenoxy) is 2. The quantitative estimate of drug-likeness (QED) is 0.410. The summed E-state index contributed by atoms with van der Waals surface area (Å²) < 4.78 is 10.6. The third-order valence-electron chi connectivity index (χ3n) is 4.58. The molecule has 1 fully saturated rings. The first-order valence-electron chi connectivity index (χ1n) is 9.52. The van der Waals surface area contributed by atoms with Crippen LogP contribution in [0, 0.1) is 11.8 Å². The van der Waals surface area contributed by atoms with Gasteiger partial charge in [-0.1, -0.05) is 46.0 Å². The molecule has 0 unspecified atom stereocenters. The predicted octanol–water partition coefficient (Wildman–Crippen LogP) is 4.65. The van der Waals surface area contributed by atoms with Crippen molar-refractivity contribution in [1.82, 2.24) is 0 Å². The summed E-state index contributed by atoms with van der Waals surface area (Å²) in [5.41, 5.74) is 0. The average Bonchev–Trinajstić information content (AvgIpc) is 2.58. The van der Waals surface area contributed by atoms with Gasteiger partial charge in [-0.05, 0) is 38.5 Å². The molecule has 0 aliphatic heterocycles. The minimum absolute atomic E-state index is 0.0229. The average molecular weight is 326 g/mol. The summed E-state index contributed by atoms with van der Waals surface area (Å²) in [4.78, 5) is 23.9. The van der Waals surface area contributed by atoms with Gasteiger partial charge in [0.25, 0.3) is 0 Å². The molecule has 1 aliphatic carbocycles. The molecule has 1 saturated carbocycles. The Hall–Kier alpha value is -1.06. The van der Waals surface area contributed by atoms with E-state index in [1.165, 1.54) is 25.7 Å². The van der Waals surface area contributed by atoms with Crippen LogP contribution in [0.15, 0.2) is 0 Å². The highest BCUT2D eigenvalue weighted by atomic mass is 16.5. The van der Waals surface area contributed by atoms with E-state index in [-0.39, 0.29) is 23.8 Å². The molecule has 4 heteroatoms. The summed E-state index contributed by atoms with van der Waals surface area (Å²) in [7, 11) is 0. The van der Waals surface area contributed by atoms with Crippen LogP contribution in [0.4, 0.5) is 0 Å². The van der Waals surface area contributed by atoms with E-state index < -0.39 is 0 Å². The molecule has 0 spiro atoms. The molecule has 0 aromatic carbocycles. The Labute approximate surface area is 141 Å². The Bertz CT molecular complexity index is 332. The highest BCUT2D eigenvalue weighted by molar-refractivity contribution is 5.75. The first-order valence-corrected chi connectivity index (χ1v) is 9.52. The molecule has 0 heterocycles. The Balaban J connectivity index is 2.09. The van der Waals surface area contributed by atoms with E-state index in [2.05, 4.69) is 6.92 Å². The lowest BCUT2D eigenvalue weighted by Gasteiger charge is -2.25. The van der Waals surface area contributed by atoms with E-state index in [1.54, 1.807) is 0 Å². The van der Waals surface area contributed by atoms with Crippen LogP contribution in [-0.2, 0) is 19.1 Å². The third-order valence-corrected chi connectivity index (χ3v) is 4.58. The number of carbonyl (C=O) groups excluding carboxylic acids is 2. The maximum atomic E-state index is 12.0. The molecule has 0 bridgehead atoms. The van der Waals surface area contributed by atoms with Gasteiger partial charge in [-0.15, -0.1) is 0 Å². The molecule has 4 nitrogen and oxygen atoms in total. The van der Waals surface area contributed by atoms with Crippen molar-refractivity contribution in [3.05, 3.63) is 0 Å². The van der Waals surface area contributed by atoms with E-state index >= 15 is 0 Å². The minimum Gasteiger partial charge on any atom is -0.465 e. The van der Waals surface area contributed by atoms with E-state index in [0.29, 0.717) is 13.2 Å². The van der Waals surface area contributed by atoms with Crippen molar-refractivity contribution in [3.63, 3.8) is 0 Å². The Morgan fingerprint density at radius 1 is 0.696 bits per heavy atom. The van der Waals surface area contributed by atoms with Crippen LogP contribution >= 0.6 is 0 Å². The standard InChI is InChI=1S/C19H34O4/c1-3-5-6-7-8-9-15-23-19(21)17-12-10-16(11-13-17)18(20)22-14-4-2/h16-17H,3-15H2,1-2H3. The summed E-state index contributed by atoms with van der Waals surface area (Å²) in [6, 6.07) is 0. The van der Waals surface area contributed by atoms with Crippen molar-refractivity contribution in [2.75, 3.05) is 13.2 Å². The van der Waals surface area contributed by atoms with Crippen LogP contribution in [0.25, 0.3) is 0 Å². The zero-order valence-corrected chi connectivity index (χ0v) is 15.0. The van der Waals surface area contributed by atoms with Gasteiger partial charge in [0.1, 0.15) is 0 Å². The van der Waals surface area contributed by atoms with Gasteiger partial charge in [0.15, 0.2) is 0 Å². The van der Waals surface area contributed by atoms with Crippen LogP contribution in [0.2, 0.25) is 0 Å². The fourth-order valence-electron chi connectivity index (χ4n) is 3.06. The minimum atomic E-state index is -0.0919. The first kappa shape index (κ1) is 20.0. The highest BCUT2D eigenvalue weighted by Gasteiger charge is 2.31. The maximum Gasteiger partial charge on any atom is 0.308 e. The molecule has 0 aromatic heterocycles. The number of carbonyl (C=O) groups is 2. The Kier molecular flexibility index (Phi) is 10.8. The molecule has 0 radical (unpaired) electrons. The monoisotopic (exact) mass is 326 g/mol. The van der Waals surface area contributed by atoms with Crippen LogP contribution in [0.5, 0.6) is 0 Å². The predicted molar refractivity (Wildman–Crippen MR) is 91.0 cm³/mol. The fourth-order valence-corrected chi connectivity index (χ4v) is 3.06. The highest BCUT2D eigenvalue weighted by Crippen LogP contribution is 2.30. The number of rotatable bonds is 11. The number of esters is 2. The summed E-state index contributed by atoms with van der Waals surface area (Å²) >= 11 is 0. The zero-order chi connectivity index (χ0) is 16.9. The van der Waals surface area contributed by atoms with Crippen molar-refractivity contribution in [1.29, 1.82) is 0 Å². The second-order valence-corrected chi connectivity index (χ2v) is 6.65. The molecule has 1 aliphatic rings. The smallest absolute Gasteiger partial charge is 0.308 e. The summed E-state index contributed by atoms with van der Waals surface area (Å²) in [5, 5.41) is 0. The molecule has 0 aromatic rings. The van der Waals surface area contributed by atoms with Gasteiger partial charge in [0, 0.05) is 0 Å². The van der Waals surface area contributed by atoms with Crippen molar-refractivity contribution >= 4 is 11.9 Å². The van der Waals surface area contributed by atoms with Gasteiger partial charge in [-0.2, -0.15) is 0 Å². The van der Waals surface area contributed by atoms with Crippen LogP contribution in [0.1, 0.15) is 84.5 Å². The second kappa shape index (κ2) is 12.4. The molecule has 134 valence electrons. The van der Waals surface area contributed by atoms with E-state index in [4.69, 9.17) is 9.47 Å². The van der Waals surface area contributed by atoms with E-state index in [9.17, 15) is 9.59 Å². The van der Waals surface area contributed by atoms with Crippen molar-refractivity contribution in [2.24, 2.45) is 11.8 Å². The number of unbranched alkanes of at least 4 members (excludes halogenated alkanes) is 5. The van der Waals surface area contributed by atoms with Crippen molar-refractivity contribution < 1.29 is 19.1 Å². The maximum absolute atomic E-state index is 12.0. The van der Waals surface area contributed by atoms with Crippen molar-refractivity contribution in [3.8, 4) is 0 Å². The van der Waals surface area contributed by atoms with Gasteiger partial charge in [0.2, 0.25) is 0 Å². The first-order chi connectivity index (χ1) is 11.2. The molecule has 23 heavy (non-hydrogen) atoms. The second-order valence-electron chi connectivity index (χ2n) is 6.65. The fraction of sp³-hybridized carbons (Fsp3) is 0.895. The molecule has 0 amide bonds. The molecule has 0 N–H and O–H groups in total. The normalized spacial score (nSPS) is 21.0. The topological polar surface area (TPSA) is 52.6 Å². The van der Waals surface area contributed by atoms with Gasteiger partial charge < -0.3 is 9.47 Å². The lowest BCUT2D eigenvalue weighted by atomic mass is 9.82. The van der Waals surface area contributed by atoms with Gasteiger partial charge in [0.05, 0.1) is 25.0 Å². The van der Waals surface area contributed by atoms with Crippen LogP contribution in [-0.4, -0.2) is 25.2 Å². The molecule has 0 atom stereocenters. The number of hydrogen-bond donors (Lipinski definition) is 0. The van der Waals surface area contributed by atoms with Gasteiger partial charge >= 0.3 is 11.9 Å². The van der Waals surface area contributed by atoms with Crippen LogP contribution in [0.3, 0.4) is 0 Å². The molecule has 1 rings (SSSR count). The zero-order valence-electron chi connectivity index (χ0n) is 15.0. The third kappa shape index (κ3) is 8.38. The summed E-state index contributed by atoms with van der Waals surface area (Å²) in [5.74, 6) is -0.209.